The van der Waals surface area contributed by atoms with Gasteiger partial charge in [0.1, 0.15) is 17.0 Å². The summed E-state index contributed by atoms with van der Waals surface area (Å²) >= 11 is 0. The largest absolute Gasteiger partial charge is 0.496 e. The standard InChI is InChI=1S/C20H19F3N4O3/c1-4-30-19(28)16-17(26-27-18(16)20(21,22)23)14-9-11(24)8-13(25-14)12-7-10(2)5-6-15(12)29-3/h5-9H,4H2,1-3H3,(H2,24,25)(H,26,27). The van der Waals surface area contributed by atoms with Crippen molar-refractivity contribution in [2.24, 2.45) is 0 Å². The number of anilines is 1. The Hall–Kier alpha value is -3.56. The SMILES string of the molecule is CCOC(=O)c1c(-c2cc(N)cc(-c3cc(C)ccc3OC)n2)n[nH]c1C(F)(F)F. The van der Waals surface area contributed by atoms with Gasteiger partial charge in [-0.3, -0.25) is 5.10 Å². The molecule has 0 bridgehead atoms. The molecule has 3 aromatic rings. The van der Waals surface area contributed by atoms with Crippen molar-refractivity contribution in [3.05, 3.63) is 47.2 Å². The van der Waals surface area contributed by atoms with Crippen LogP contribution >= 0.6 is 0 Å². The minimum atomic E-state index is -4.84. The van der Waals surface area contributed by atoms with E-state index in [1.165, 1.54) is 20.1 Å². The van der Waals surface area contributed by atoms with Crippen LogP contribution in [-0.2, 0) is 10.9 Å². The van der Waals surface area contributed by atoms with E-state index in [0.717, 1.165) is 5.56 Å². The fraction of sp³-hybridized carbons (Fsp3) is 0.250. The van der Waals surface area contributed by atoms with Crippen LogP contribution in [-0.4, -0.2) is 34.9 Å². The number of nitrogens with one attached hydrogen (secondary N) is 1. The van der Waals surface area contributed by atoms with Crippen molar-refractivity contribution in [3.8, 4) is 28.4 Å². The lowest BCUT2D eigenvalue weighted by Gasteiger charge is -2.12. The van der Waals surface area contributed by atoms with Gasteiger partial charge in [-0.1, -0.05) is 11.6 Å². The van der Waals surface area contributed by atoms with Gasteiger partial charge in [-0.15, -0.1) is 0 Å². The zero-order valence-corrected chi connectivity index (χ0v) is 16.4. The molecule has 10 heteroatoms. The number of ether oxygens (including phenoxy) is 2. The highest BCUT2D eigenvalue weighted by atomic mass is 19.4. The molecule has 0 atom stereocenters. The van der Waals surface area contributed by atoms with Crippen LogP contribution in [0.1, 0.15) is 28.5 Å². The van der Waals surface area contributed by atoms with Crippen LogP contribution in [0.4, 0.5) is 18.9 Å². The Morgan fingerprint density at radius 3 is 2.53 bits per heavy atom. The van der Waals surface area contributed by atoms with Crippen LogP contribution in [0.2, 0.25) is 0 Å². The van der Waals surface area contributed by atoms with Crippen molar-refractivity contribution < 1.29 is 27.4 Å². The number of aromatic amines is 1. The van der Waals surface area contributed by atoms with Crippen LogP contribution in [0, 0.1) is 6.92 Å². The molecule has 3 N–H and O–H groups in total. The number of carbonyl (C=O) groups excluding carboxylic acids is 1. The summed E-state index contributed by atoms with van der Waals surface area (Å²) < 4.78 is 50.4. The minimum Gasteiger partial charge on any atom is -0.496 e. The number of methoxy groups -OCH3 is 1. The predicted molar refractivity (Wildman–Crippen MR) is 104 cm³/mol. The maximum Gasteiger partial charge on any atom is 0.433 e. The average Bonchev–Trinajstić information content (AvgIpc) is 3.13. The number of nitrogens with zero attached hydrogens (tertiary/aromatic N) is 2. The fourth-order valence-corrected chi connectivity index (χ4v) is 2.97. The van der Waals surface area contributed by atoms with E-state index in [1.54, 1.807) is 12.1 Å². The first-order valence-electron chi connectivity index (χ1n) is 8.91. The number of aryl methyl sites for hydroxylation is 1. The van der Waals surface area contributed by atoms with Crippen molar-refractivity contribution >= 4 is 11.7 Å². The predicted octanol–water partition coefficient (Wildman–Crippen LogP) is 4.23. The molecule has 0 radical (unpaired) electrons. The number of halogens is 3. The zero-order chi connectivity index (χ0) is 22.1. The number of nitrogens with two attached hydrogens (primary N) is 1. The normalized spacial score (nSPS) is 11.4. The van der Waals surface area contributed by atoms with E-state index in [2.05, 4.69) is 10.1 Å². The van der Waals surface area contributed by atoms with E-state index in [1.807, 2.05) is 24.2 Å². The molecular weight excluding hydrogens is 401 g/mol. The molecule has 7 nitrogen and oxygen atoms in total. The molecule has 0 fully saturated rings. The Labute approximate surface area is 170 Å². The second-order valence-electron chi connectivity index (χ2n) is 6.42. The van der Waals surface area contributed by atoms with Gasteiger partial charge in [0.25, 0.3) is 0 Å². The Morgan fingerprint density at radius 2 is 1.90 bits per heavy atom. The highest BCUT2D eigenvalue weighted by Gasteiger charge is 2.40. The Balaban J connectivity index is 2.22. The number of hydrogen-bond acceptors (Lipinski definition) is 6. The van der Waals surface area contributed by atoms with Crippen molar-refractivity contribution in [2.75, 3.05) is 19.5 Å². The summed E-state index contributed by atoms with van der Waals surface area (Å²) in [6, 6.07) is 8.29. The Morgan fingerprint density at radius 1 is 1.20 bits per heavy atom. The van der Waals surface area contributed by atoms with Gasteiger partial charge in [0, 0.05) is 11.3 Å². The second kappa shape index (κ2) is 8.05. The van der Waals surface area contributed by atoms with Gasteiger partial charge in [0.15, 0.2) is 5.69 Å². The number of hydrogen-bond donors (Lipinski definition) is 2. The van der Waals surface area contributed by atoms with E-state index < -0.39 is 23.4 Å². The molecule has 0 saturated heterocycles. The summed E-state index contributed by atoms with van der Waals surface area (Å²) in [5.74, 6) is -0.652. The summed E-state index contributed by atoms with van der Waals surface area (Å²) in [6.45, 7) is 3.26. The lowest BCUT2D eigenvalue weighted by molar-refractivity contribution is -0.141. The third-order valence-electron chi connectivity index (χ3n) is 4.25. The van der Waals surface area contributed by atoms with E-state index in [-0.39, 0.29) is 23.7 Å². The zero-order valence-electron chi connectivity index (χ0n) is 16.4. The maximum absolute atomic E-state index is 13.4. The minimum absolute atomic E-state index is 0.0108. The third kappa shape index (κ3) is 4.07. The third-order valence-corrected chi connectivity index (χ3v) is 4.25. The van der Waals surface area contributed by atoms with Gasteiger partial charge in [-0.2, -0.15) is 18.3 Å². The maximum atomic E-state index is 13.4. The molecule has 2 aromatic heterocycles. The smallest absolute Gasteiger partial charge is 0.433 e. The molecule has 2 heterocycles. The lowest BCUT2D eigenvalue weighted by Crippen LogP contribution is -2.15. The average molecular weight is 420 g/mol. The topological polar surface area (TPSA) is 103 Å². The van der Waals surface area contributed by atoms with Crippen molar-refractivity contribution in [1.82, 2.24) is 15.2 Å². The Bertz CT molecular complexity index is 1090. The van der Waals surface area contributed by atoms with Crippen LogP contribution in [0.5, 0.6) is 5.75 Å². The Kier molecular flexibility index (Phi) is 5.68. The molecule has 0 amide bonds. The number of H-pyrrole nitrogens is 1. The number of rotatable bonds is 5. The summed E-state index contributed by atoms with van der Waals surface area (Å²) in [4.78, 5) is 16.7. The van der Waals surface area contributed by atoms with E-state index >= 15 is 0 Å². The van der Waals surface area contributed by atoms with Crippen LogP contribution in [0.3, 0.4) is 0 Å². The monoisotopic (exact) mass is 420 g/mol. The number of carbonyl (C=O) groups is 1. The van der Waals surface area contributed by atoms with Crippen LogP contribution < -0.4 is 10.5 Å². The molecule has 0 aliphatic heterocycles. The highest BCUT2D eigenvalue weighted by molar-refractivity contribution is 5.97. The number of nitrogen functional groups attached to an aromatic ring is 1. The summed E-state index contributed by atoms with van der Waals surface area (Å²) in [6.07, 6.45) is -4.84. The van der Waals surface area contributed by atoms with Crippen LogP contribution in [0.15, 0.2) is 30.3 Å². The molecule has 158 valence electrons. The van der Waals surface area contributed by atoms with Crippen molar-refractivity contribution in [2.45, 2.75) is 20.0 Å². The molecule has 3 rings (SSSR count). The molecule has 30 heavy (non-hydrogen) atoms. The van der Waals surface area contributed by atoms with Gasteiger partial charge < -0.3 is 15.2 Å². The number of alkyl halides is 3. The first kappa shape index (κ1) is 21.2. The number of benzene rings is 1. The molecular formula is C20H19F3N4O3. The quantitative estimate of drug-likeness (QED) is 0.599. The van der Waals surface area contributed by atoms with Crippen molar-refractivity contribution in [3.63, 3.8) is 0 Å². The number of aromatic nitrogens is 3. The van der Waals surface area contributed by atoms with Gasteiger partial charge in [-0.25, -0.2) is 9.78 Å². The molecule has 0 unspecified atom stereocenters. The van der Waals surface area contributed by atoms with Gasteiger partial charge in [0.2, 0.25) is 0 Å². The summed E-state index contributed by atoms with van der Waals surface area (Å²) in [7, 11) is 1.49. The lowest BCUT2D eigenvalue weighted by atomic mass is 10.0. The first-order chi connectivity index (χ1) is 14.2. The van der Waals surface area contributed by atoms with E-state index in [4.69, 9.17) is 15.2 Å². The van der Waals surface area contributed by atoms with E-state index in [9.17, 15) is 18.0 Å². The number of esters is 1. The fourth-order valence-electron chi connectivity index (χ4n) is 2.97. The number of pyridine rings is 1. The highest BCUT2D eigenvalue weighted by Crippen LogP contribution is 2.37. The second-order valence-corrected chi connectivity index (χ2v) is 6.42. The molecule has 0 aliphatic carbocycles. The molecule has 0 aliphatic rings. The first-order valence-corrected chi connectivity index (χ1v) is 8.91. The van der Waals surface area contributed by atoms with E-state index in [0.29, 0.717) is 17.0 Å². The van der Waals surface area contributed by atoms with Crippen molar-refractivity contribution in [1.29, 1.82) is 0 Å². The summed E-state index contributed by atoms with van der Waals surface area (Å²) in [5, 5.41) is 5.58. The summed E-state index contributed by atoms with van der Waals surface area (Å²) in [5.41, 5.74) is 5.71. The van der Waals surface area contributed by atoms with Gasteiger partial charge >= 0.3 is 12.1 Å². The molecule has 0 saturated carbocycles. The van der Waals surface area contributed by atoms with Gasteiger partial charge in [0.05, 0.1) is 25.1 Å². The molecule has 1 aromatic carbocycles. The molecule has 0 spiro atoms. The van der Waals surface area contributed by atoms with Crippen LogP contribution in [0.25, 0.3) is 22.6 Å². The van der Waals surface area contributed by atoms with Gasteiger partial charge in [-0.05, 0) is 38.1 Å².